The van der Waals surface area contributed by atoms with Crippen molar-refractivity contribution in [2.45, 2.75) is 6.92 Å². The average Bonchev–Trinajstić information content (AvgIpc) is 2.59. The van der Waals surface area contributed by atoms with Gasteiger partial charge in [0.2, 0.25) is 5.91 Å². The molecule has 5 nitrogen and oxygen atoms in total. The molecule has 0 spiro atoms. The molecule has 2 aromatic rings. The minimum absolute atomic E-state index is 0.142. The molecule has 0 bridgehead atoms. The zero-order valence-corrected chi connectivity index (χ0v) is 14.3. The summed E-state index contributed by atoms with van der Waals surface area (Å²) >= 11 is 5.82. The first-order valence-corrected chi connectivity index (χ1v) is 8.15. The van der Waals surface area contributed by atoms with Gasteiger partial charge in [0.05, 0.1) is 13.2 Å². The van der Waals surface area contributed by atoms with Crippen LogP contribution in [-0.2, 0) is 9.53 Å². The van der Waals surface area contributed by atoms with Gasteiger partial charge in [-0.3, -0.25) is 4.79 Å². The van der Waals surface area contributed by atoms with E-state index < -0.39 is 0 Å². The highest BCUT2D eigenvalue weighted by Gasteiger charge is 2.04. The van der Waals surface area contributed by atoms with Gasteiger partial charge in [0.1, 0.15) is 12.4 Å². The fraction of sp³-hybridized carbons (Fsp3) is 0.278. The first kappa shape index (κ1) is 18.1. The number of carbonyl (C=O) groups is 1. The summed E-state index contributed by atoms with van der Waals surface area (Å²) in [5, 5.41) is 6.52. The molecular formula is C18H21ClN2O3. The molecule has 0 aliphatic heterocycles. The van der Waals surface area contributed by atoms with Gasteiger partial charge < -0.3 is 20.1 Å². The second-order valence-electron chi connectivity index (χ2n) is 4.98. The lowest BCUT2D eigenvalue weighted by molar-refractivity contribution is -0.114. The van der Waals surface area contributed by atoms with Crippen LogP contribution in [0.5, 0.6) is 5.75 Å². The Hall–Kier alpha value is -2.24. The lowest BCUT2D eigenvalue weighted by atomic mass is 10.3. The third-order valence-corrected chi connectivity index (χ3v) is 3.37. The van der Waals surface area contributed by atoms with Crippen molar-refractivity contribution in [3.8, 4) is 5.75 Å². The molecular weight excluding hydrogens is 328 g/mol. The number of hydrogen-bond acceptors (Lipinski definition) is 4. The van der Waals surface area contributed by atoms with Crippen molar-refractivity contribution in [2.24, 2.45) is 0 Å². The van der Waals surface area contributed by atoms with Crippen LogP contribution in [0.3, 0.4) is 0 Å². The van der Waals surface area contributed by atoms with Gasteiger partial charge in [-0.05, 0) is 43.3 Å². The highest BCUT2D eigenvalue weighted by Crippen LogP contribution is 2.17. The summed E-state index contributed by atoms with van der Waals surface area (Å²) in [7, 11) is 0. The van der Waals surface area contributed by atoms with Crippen molar-refractivity contribution >= 4 is 28.9 Å². The van der Waals surface area contributed by atoms with Crippen LogP contribution >= 0.6 is 11.6 Å². The molecule has 0 fully saturated rings. The number of anilines is 2. The zero-order valence-electron chi connectivity index (χ0n) is 13.5. The Labute approximate surface area is 146 Å². The Bertz CT molecular complexity index is 647. The number of amides is 1. The summed E-state index contributed by atoms with van der Waals surface area (Å²) in [4.78, 5) is 12.0. The van der Waals surface area contributed by atoms with E-state index in [2.05, 4.69) is 10.6 Å². The van der Waals surface area contributed by atoms with Gasteiger partial charge >= 0.3 is 0 Å². The number of benzene rings is 2. The van der Waals surface area contributed by atoms with E-state index in [0.717, 1.165) is 5.69 Å². The third kappa shape index (κ3) is 6.48. The minimum atomic E-state index is -0.142. The Morgan fingerprint density at radius 2 is 1.88 bits per heavy atom. The van der Waals surface area contributed by atoms with Crippen LogP contribution in [0.15, 0.2) is 48.5 Å². The lowest BCUT2D eigenvalue weighted by Crippen LogP contribution is -2.21. The number of rotatable bonds is 9. The van der Waals surface area contributed by atoms with Crippen LogP contribution in [0.4, 0.5) is 11.4 Å². The summed E-state index contributed by atoms with van der Waals surface area (Å²) in [6.07, 6.45) is 0. The Balaban J connectivity index is 1.79. The molecule has 0 aliphatic carbocycles. The standard InChI is InChI=1S/C18H21ClN2O3/c1-2-23-10-11-24-17-5-3-4-16(12-17)21-18(22)13-20-15-8-6-14(19)7-9-15/h3-9,12,20H,2,10-11,13H2,1H3,(H,21,22). The van der Waals surface area contributed by atoms with Gasteiger partial charge in [0.15, 0.2) is 0 Å². The molecule has 0 unspecified atom stereocenters. The van der Waals surface area contributed by atoms with Crippen LogP contribution in [0.2, 0.25) is 5.02 Å². The maximum atomic E-state index is 12.0. The number of halogens is 1. The van der Waals surface area contributed by atoms with Crippen molar-refractivity contribution in [3.63, 3.8) is 0 Å². The van der Waals surface area contributed by atoms with Crippen molar-refractivity contribution < 1.29 is 14.3 Å². The maximum Gasteiger partial charge on any atom is 0.243 e. The summed E-state index contributed by atoms with van der Waals surface area (Å²) in [6, 6.07) is 14.5. The lowest BCUT2D eigenvalue weighted by Gasteiger charge is -2.10. The molecule has 6 heteroatoms. The van der Waals surface area contributed by atoms with E-state index in [0.29, 0.717) is 36.3 Å². The van der Waals surface area contributed by atoms with E-state index in [1.165, 1.54) is 0 Å². The molecule has 0 saturated heterocycles. The van der Waals surface area contributed by atoms with E-state index in [1.54, 1.807) is 18.2 Å². The van der Waals surface area contributed by atoms with E-state index in [-0.39, 0.29) is 12.5 Å². The predicted octanol–water partition coefficient (Wildman–Crippen LogP) is 3.81. The monoisotopic (exact) mass is 348 g/mol. The fourth-order valence-electron chi connectivity index (χ4n) is 1.98. The first-order chi connectivity index (χ1) is 11.7. The minimum Gasteiger partial charge on any atom is -0.491 e. The highest BCUT2D eigenvalue weighted by molar-refractivity contribution is 6.30. The molecule has 0 aromatic heterocycles. The van der Waals surface area contributed by atoms with Gasteiger partial charge in [-0.25, -0.2) is 0 Å². The van der Waals surface area contributed by atoms with Crippen molar-refractivity contribution in [3.05, 3.63) is 53.6 Å². The van der Waals surface area contributed by atoms with Gasteiger partial charge in [-0.2, -0.15) is 0 Å². The molecule has 2 N–H and O–H groups in total. The van der Waals surface area contributed by atoms with Gasteiger partial charge in [0, 0.05) is 29.1 Å². The molecule has 128 valence electrons. The van der Waals surface area contributed by atoms with Gasteiger partial charge in [-0.15, -0.1) is 0 Å². The molecule has 0 aliphatic rings. The molecule has 0 heterocycles. The number of carbonyl (C=O) groups excluding carboxylic acids is 1. The van der Waals surface area contributed by atoms with Crippen LogP contribution in [-0.4, -0.2) is 32.3 Å². The second kappa shape index (κ2) is 9.80. The van der Waals surface area contributed by atoms with Crippen LogP contribution in [0, 0.1) is 0 Å². The van der Waals surface area contributed by atoms with Crippen molar-refractivity contribution in [2.75, 3.05) is 37.0 Å². The molecule has 0 atom stereocenters. The van der Waals surface area contributed by atoms with E-state index in [1.807, 2.05) is 37.3 Å². The molecule has 0 radical (unpaired) electrons. The summed E-state index contributed by atoms with van der Waals surface area (Å²) in [6.45, 7) is 3.78. The summed E-state index contributed by atoms with van der Waals surface area (Å²) in [5.41, 5.74) is 1.52. The van der Waals surface area contributed by atoms with E-state index in [9.17, 15) is 4.79 Å². The third-order valence-electron chi connectivity index (χ3n) is 3.12. The number of nitrogens with one attached hydrogen (secondary N) is 2. The second-order valence-corrected chi connectivity index (χ2v) is 5.42. The van der Waals surface area contributed by atoms with E-state index >= 15 is 0 Å². The average molecular weight is 349 g/mol. The van der Waals surface area contributed by atoms with E-state index in [4.69, 9.17) is 21.1 Å². The van der Waals surface area contributed by atoms with Crippen LogP contribution < -0.4 is 15.4 Å². The number of ether oxygens (including phenoxy) is 2. The van der Waals surface area contributed by atoms with Crippen molar-refractivity contribution in [1.29, 1.82) is 0 Å². The Morgan fingerprint density at radius 3 is 2.62 bits per heavy atom. The van der Waals surface area contributed by atoms with Crippen LogP contribution in [0.1, 0.15) is 6.92 Å². The molecule has 2 aromatic carbocycles. The number of hydrogen-bond donors (Lipinski definition) is 2. The highest BCUT2D eigenvalue weighted by atomic mass is 35.5. The maximum absolute atomic E-state index is 12.0. The summed E-state index contributed by atoms with van der Waals surface area (Å²) < 4.78 is 10.8. The van der Waals surface area contributed by atoms with Gasteiger partial charge in [-0.1, -0.05) is 17.7 Å². The predicted molar refractivity (Wildman–Crippen MR) is 97.0 cm³/mol. The molecule has 1 amide bonds. The van der Waals surface area contributed by atoms with Crippen molar-refractivity contribution in [1.82, 2.24) is 0 Å². The largest absolute Gasteiger partial charge is 0.491 e. The van der Waals surface area contributed by atoms with Gasteiger partial charge in [0.25, 0.3) is 0 Å². The molecule has 24 heavy (non-hydrogen) atoms. The topological polar surface area (TPSA) is 59.6 Å². The molecule has 2 rings (SSSR count). The Morgan fingerprint density at radius 1 is 1.08 bits per heavy atom. The quantitative estimate of drug-likeness (QED) is 0.677. The molecule has 0 saturated carbocycles. The Kier molecular flexibility index (Phi) is 7.39. The zero-order chi connectivity index (χ0) is 17.2. The van der Waals surface area contributed by atoms with Crippen LogP contribution in [0.25, 0.3) is 0 Å². The summed E-state index contributed by atoms with van der Waals surface area (Å²) in [5.74, 6) is 0.551. The SMILES string of the molecule is CCOCCOc1cccc(NC(=O)CNc2ccc(Cl)cc2)c1. The normalized spacial score (nSPS) is 10.2. The fourth-order valence-corrected chi connectivity index (χ4v) is 2.11. The first-order valence-electron chi connectivity index (χ1n) is 7.77. The smallest absolute Gasteiger partial charge is 0.243 e.